The van der Waals surface area contributed by atoms with Gasteiger partial charge >= 0.3 is 0 Å². The first-order valence-electron chi connectivity index (χ1n) is 8.57. The lowest BCUT2D eigenvalue weighted by atomic mass is 10.1. The fraction of sp³-hybridized carbons (Fsp3) is 0.211. The highest BCUT2D eigenvalue weighted by atomic mass is 32.1. The average Bonchev–Trinajstić information content (AvgIpc) is 3.38. The van der Waals surface area contributed by atoms with Gasteiger partial charge in [0.05, 0.1) is 11.7 Å². The molecule has 7 nitrogen and oxygen atoms in total. The zero-order chi connectivity index (χ0) is 18.6. The molecule has 3 aromatic rings. The molecule has 1 aliphatic heterocycles. The van der Waals surface area contributed by atoms with E-state index in [4.69, 9.17) is 21.7 Å². The van der Waals surface area contributed by atoms with E-state index >= 15 is 0 Å². The van der Waals surface area contributed by atoms with E-state index in [-0.39, 0.29) is 12.8 Å². The van der Waals surface area contributed by atoms with Crippen molar-refractivity contribution in [1.82, 2.24) is 25.4 Å². The minimum atomic E-state index is 0.0755. The summed E-state index contributed by atoms with van der Waals surface area (Å²) >= 11 is 5.42. The van der Waals surface area contributed by atoms with Gasteiger partial charge in [-0.05, 0) is 54.5 Å². The first-order chi connectivity index (χ1) is 13.2. The van der Waals surface area contributed by atoms with Gasteiger partial charge in [-0.15, -0.1) is 0 Å². The van der Waals surface area contributed by atoms with Crippen molar-refractivity contribution >= 4 is 17.3 Å². The third-order valence-electron chi connectivity index (χ3n) is 4.31. The van der Waals surface area contributed by atoms with E-state index in [9.17, 15) is 0 Å². The second kappa shape index (κ2) is 7.63. The summed E-state index contributed by atoms with van der Waals surface area (Å²) in [4.78, 5) is 3.96. The number of ether oxygens (including phenoxy) is 2. The van der Waals surface area contributed by atoms with Crippen molar-refractivity contribution < 1.29 is 9.47 Å². The van der Waals surface area contributed by atoms with Crippen LogP contribution in [0.4, 0.5) is 0 Å². The lowest BCUT2D eigenvalue weighted by Crippen LogP contribution is -2.36. The lowest BCUT2D eigenvalue weighted by Gasteiger charge is -2.18. The van der Waals surface area contributed by atoms with E-state index in [0.717, 1.165) is 28.3 Å². The van der Waals surface area contributed by atoms with Gasteiger partial charge in [-0.25, -0.2) is 9.67 Å². The molecule has 0 radical (unpaired) electrons. The Morgan fingerprint density at radius 3 is 2.78 bits per heavy atom. The number of fused-ring (bicyclic) bond motifs is 1. The SMILES string of the molecule is C[C@H](NC(=S)NCc1ccc2c(c1)OCO2)c1ccc(-n2cncn2)cc1. The van der Waals surface area contributed by atoms with Gasteiger partial charge in [-0.2, -0.15) is 5.10 Å². The molecule has 2 heterocycles. The van der Waals surface area contributed by atoms with Crippen molar-refractivity contribution in [1.29, 1.82) is 0 Å². The molecule has 8 heteroatoms. The van der Waals surface area contributed by atoms with Crippen molar-refractivity contribution in [3.05, 3.63) is 66.2 Å². The molecule has 0 fully saturated rings. The van der Waals surface area contributed by atoms with Crippen LogP contribution >= 0.6 is 12.2 Å². The van der Waals surface area contributed by atoms with Crippen LogP contribution in [0, 0.1) is 0 Å². The molecule has 0 aliphatic carbocycles. The maximum Gasteiger partial charge on any atom is 0.231 e. The van der Waals surface area contributed by atoms with Crippen molar-refractivity contribution in [3.8, 4) is 17.2 Å². The van der Waals surface area contributed by atoms with Crippen LogP contribution in [0.1, 0.15) is 24.1 Å². The number of hydrogen-bond donors (Lipinski definition) is 2. The molecule has 0 bridgehead atoms. The van der Waals surface area contributed by atoms with Crippen LogP contribution in [0.15, 0.2) is 55.1 Å². The van der Waals surface area contributed by atoms with Gasteiger partial charge < -0.3 is 20.1 Å². The molecule has 27 heavy (non-hydrogen) atoms. The van der Waals surface area contributed by atoms with E-state index in [0.29, 0.717) is 11.7 Å². The van der Waals surface area contributed by atoms with Gasteiger partial charge in [0.15, 0.2) is 16.6 Å². The van der Waals surface area contributed by atoms with Crippen molar-refractivity contribution in [3.63, 3.8) is 0 Å². The zero-order valence-corrected chi connectivity index (χ0v) is 15.6. The first kappa shape index (κ1) is 17.3. The summed E-state index contributed by atoms with van der Waals surface area (Å²) in [6.07, 6.45) is 3.19. The molecule has 0 saturated heterocycles. The Labute approximate surface area is 162 Å². The van der Waals surface area contributed by atoms with Crippen molar-refractivity contribution in [2.24, 2.45) is 0 Å². The zero-order valence-electron chi connectivity index (χ0n) is 14.8. The van der Waals surface area contributed by atoms with Gasteiger partial charge in [-0.1, -0.05) is 18.2 Å². The highest BCUT2D eigenvalue weighted by Crippen LogP contribution is 2.32. The largest absolute Gasteiger partial charge is 0.454 e. The molecule has 0 amide bonds. The third kappa shape index (κ3) is 4.01. The first-order valence-corrected chi connectivity index (χ1v) is 8.98. The number of rotatable bonds is 5. The second-order valence-corrected chi connectivity index (χ2v) is 6.58. The summed E-state index contributed by atoms with van der Waals surface area (Å²) in [7, 11) is 0. The van der Waals surface area contributed by atoms with Gasteiger partial charge in [-0.3, -0.25) is 0 Å². The number of nitrogens with zero attached hydrogens (tertiary/aromatic N) is 3. The Kier molecular flexibility index (Phi) is 4.88. The average molecular weight is 381 g/mol. The summed E-state index contributed by atoms with van der Waals surface area (Å²) in [5.74, 6) is 1.55. The van der Waals surface area contributed by atoms with Crippen LogP contribution in [-0.2, 0) is 6.54 Å². The van der Waals surface area contributed by atoms with Crippen LogP contribution in [0.25, 0.3) is 5.69 Å². The van der Waals surface area contributed by atoms with Crippen molar-refractivity contribution in [2.75, 3.05) is 6.79 Å². The molecule has 4 rings (SSSR count). The predicted molar refractivity (Wildman–Crippen MR) is 105 cm³/mol. The fourth-order valence-electron chi connectivity index (χ4n) is 2.82. The lowest BCUT2D eigenvalue weighted by molar-refractivity contribution is 0.174. The summed E-state index contributed by atoms with van der Waals surface area (Å²) in [5, 5.41) is 11.3. The minimum Gasteiger partial charge on any atom is -0.454 e. The predicted octanol–water partition coefficient (Wildman–Crippen LogP) is 2.72. The molecular weight excluding hydrogens is 362 g/mol. The second-order valence-electron chi connectivity index (χ2n) is 6.17. The molecule has 0 saturated carbocycles. The van der Waals surface area contributed by atoms with Gasteiger partial charge in [0, 0.05) is 6.54 Å². The van der Waals surface area contributed by atoms with E-state index in [1.165, 1.54) is 6.33 Å². The highest BCUT2D eigenvalue weighted by molar-refractivity contribution is 7.80. The molecule has 1 aliphatic rings. The molecule has 0 spiro atoms. The number of nitrogens with one attached hydrogen (secondary N) is 2. The normalized spacial score (nSPS) is 13.2. The van der Waals surface area contributed by atoms with E-state index < -0.39 is 0 Å². The molecule has 1 aromatic heterocycles. The van der Waals surface area contributed by atoms with E-state index in [1.807, 2.05) is 30.3 Å². The monoisotopic (exact) mass is 381 g/mol. The molecule has 2 aromatic carbocycles. The molecule has 138 valence electrons. The van der Waals surface area contributed by atoms with Gasteiger partial charge in [0.2, 0.25) is 6.79 Å². The Hall–Kier alpha value is -3.13. The van der Waals surface area contributed by atoms with Crippen LogP contribution in [0.5, 0.6) is 11.5 Å². The van der Waals surface area contributed by atoms with Crippen LogP contribution in [0.2, 0.25) is 0 Å². The summed E-state index contributed by atoms with van der Waals surface area (Å²) in [5.41, 5.74) is 3.17. The van der Waals surface area contributed by atoms with Gasteiger partial charge in [0.1, 0.15) is 12.7 Å². The molecular formula is C19H19N5O2S. The van der Waals surface area contributed by atoms with Crippen LogP contribution in [-0.4, -0.2) is 26.7 Å². The standard InChI is InChI=1S/C19H19N5O2S/c1-13(15-3-5-16(6-4-15)24-11-20-10-22-24)23-19(27)21-9-14-2-7-17-18(8-14)26-12-25-17/h2-8,10-11,13H,9,12H2,1H3,(H2,21,23,27)/t13-/m0/s1. The smallest absolute Gasteiger partial charge is 0.231 e. The van der Waals surface area contributed by atoms with E-state index in [2.05, 4.69) is 39.8 Å². The Balaban J connectivity index is 1.31. The quantitative estimate of drug-likeness (QED) is 0.658. The number of aromatic nitrogens is 3. The highest BCUT2D eigenvalue weighted by Gasteiger charge is 2.13. The summed E-state index contributed by atoms with van der Waals surface area (Å²) < 4.78 is 12.4. The Bertz CT molecular complexity index is 928. The molecule has 1 atom stereocenters. The summed E-state index contributed by atoms with van der Waals surface area (Å²) in [6, 6.07) is 14.1. The number of thiocarbonyl (C=S) groups is 1. The third-order valence-corrected chi connectivity index (χ3v) is 4.58. The molecule has 2 N–H and O–H groups in total. The van der Waals surface area contributed by atoms with Crippen LogP contribution < -0.4 is 20.1 Å². The number of hydrogen-bond acceptors (Lipinski definition) is 5. The Morgan fingerprint density at radius 1 is 1.19 bits per heavy atom. The van der Waals surface area contributed by atoms with Crippen LogP contribution in [0.3, 0.4) is 0 Å². The van der Waals surface area contributed by atoms with Crippen molar-refractivity contribution in [2.45, 2.75) is 19.5 Å². The number of benzene rings is 2. The fourth-order valence-corrected chi connectivity index (χ4v) is 3.07. The Morgan fingerprint density at radius 2 is 2.00 bits per heavy atom. The van der Waals surface area contributed by atoms with E-state index in [1.54, 1.807) is 11.0 Å². The maximum absolute atomic E-state index is 5.42. The maximum atomic E-state index is 5.42. The molecule has 0 unspecified atom stereocenters. The topological polar surface area (TPSA) is 73.2 Å². The van der Waals surface area contributed by atoms with Gasteiger partial charge in [0.25, 0.3) is 0 Å². The summed E-state index contributed by atoms with van der Waals surface area (Å²) in [6.45, 7) is 2.96. The minimum absolute atomic E-state index is 0.0755.